The number of aliphatic carboxylic acids is 3. The van der Waals surface area contributed by atoms with Crippen molar-refractivity contribution in [2.24, 2.45) is 5.73 Å². The van der Waals surface area contributed by atoms with Crippen LogP contribution in [0.1, 0.15) is 6.42 Å². The molecule has 0 aromatic carbocycles. The minimum absolute atomic E-state index is 0. The normalized spacial score (nSPS) is 15.8. The Morgan fingerprint density at radius 3 is 1.46 bits per heavy atom. The van der Waals surface area contributed by atoms with Crippen LogP contribution in [-0.4, -0.2) is 142 Å². The molecular weight excluding hydrogens is 359 g/mol. The predicted molar refractivity (Wildman–Crippen MR) is 83.7 cm³/mol. The molecule has 0 fully saturated rings. The van der Waals surface area contributed by atoms with Gasteiger partial charge >= 0.3 is 64.0 Å². The summed E-state index contributed by atoms with van der Waals surface area (Å²) in [5, 5.41) is 67.8. The SMILES string of the molecule is NC(CC(=O)O)C(=O)O.O=C(O)C(O)C(O)C(O)C(O)CO.[MgH2].[MgH2]. The van der Waals surface area contributed by atoms with Crippen LogP contribution in [0, 0.1) is 0 Å². The van der Waals surface area contributed by atoms with E-state index in [1.54, 1.807) is 0 Å². The number of carboxylic acid groups (broad SMARTS) is 3. The topological polar surface area (TPSA) is 239 Å². The predicted octanol–water partition coefficient (Wildman–Crippen LogP) is -6.45. The van der Waals surface area contributed by atoms with E-state index in [-0.39, 0.29) is 46.1 Å². The first-order chi connectivity index (χ1) is 9.95. The van der Waals surface area contributed by atoms with Crippen LogP contribution < -0.4 is 5.73 Å². The fraction of sp³-hybridized carbons (Fsp3) is 0.700. The lowest BCUT2D eigenvalue weighted by Gasteiger charge is -2.23. The molecule has 0 radical (unpaired) electrons. The van der Waals surface area contributed by atoms with Gasteiger partial charge in [-0.25, -0.2) is 4.79 Å². The van der Waals surface area contributed by atoms with Crippen LogP contribution in [-0.2, 0) is 14.4 Å². The lowest BCUT2D eigenvalue weighted by atomic mass is 10.0. The third kappa shape index (κ3) is 14.1. The van der Waals surface area contributed by atoms with E-state index >= 15 is 0 Å². The molecular formula is C10H23Mg2NO11. The number of rotatable bonds is 8. The van der Waals surface area contributed by atoms with Crippen LogP contribution in [0.2, 0.25) is 0 Å². The van der Waals surface area contributed by atoms with Gasteiger partial charge in [-0.2, -0.15) is 0 Å². The lowest BCUT2D eigenvalue weighted by Crippen LogP contribution is -2.48. The van der Waals surface area contributed by atoms with Gasteiger partial charge < -0.3 is 46.6 Å². The van der Waals surface area contributed by atoms with E-state index in [4.69, 9.17) is 46.6 Å². The fourth-order valence-corrected chi connectivity index (χ4v) is 0.944. The second kappa shape index (κ2) is 16.2. The Kier molecular flexibility index (Phi) is 21.2. The number of aliphatic hydroxyl groups excluding tert-OH is 5. The van der Waals surface area contributed by atoms with Gasteiger partial charge in [0.25, 0.3) is 0 Å². The van der Waals surface area contributed by atoms with Crippen molar-refractivity contribution in [2.75, 3.05) is 6.61 Å². The summed E-state index contributed by atoms with van der Waals surface area (Å²) in [5.74, 6) is -4.22. The molecule has 0 bridgehead atoms. The summed E-state index contributed by atoms with van der Waals surface area (Å²) < 4.78 is 0. The first-order valence-corrected chi connectivity index (χ1v) is 5.71. The Morgan fingerprint density at radius 1 is 0.833 bits per heavy atom. The van der Waals surface area contributed by atoms with Gasteiger partial charge in [-0.15, -0.1) is 0 Å². The summed E-state index contributed by atoms with van der Waals surface area (Å²) >= 11 is 0. The van der Waals surface area contributed by atoms with Crippen molar-refractivity contribution >= 4 is 64.0 Å². The molecule has 0 saturated carbocycles. The van der Waals surface area contributed by atoms with Crippen molar-refractivity contribution < 1.29 is 55.2 Å². The van der Waals surface area contributed by atoms with E-state index in [0.717, 1.165) is 0 Å². The zero-order valence-corrected chi connectivity index (χ0v) is 11.2. The molecule has 0 aliphatic rings. The summed E-state index contributed by atoms with van der Waals surface area (Å²) in [5.41, 5.74) is 4.84. The highest BCUT2D eigenvalue weighted by Crippen LogP contribution is 2.04. The third-order valence-corrected chi connectivity index (χ3v) is 2.22. The average Bonchev–Trinajstić information content (AvgIpc) is 2.43. The smallest absolute Gasteiger partial charge is 0.335 e. The molecule has 0 rings (SSSR count). The molecule has 0 aliphatic heterocycles. The molecule has 12 nitrogen and oxygen atoms in total. The maximum atomic E-state index is 10.1. The molecule has 0 saturated heterocycles. The molecule has 0 amide bonds. The zero-order chi connectivity index (χ0) is 18.0. The zero-order valence-electron chi connectivity index (χ0n) is 11.2. The number of aliphatic hydroxyl groups is 5. The molecule has 0 aliphatic carbocycles. The fourth-order valence-electron chi connectivity index (χ4n) is 0.944. The van der Waals surface area contributed by atoms with Crippen LogP contribution in [0.15, 0.2) is 0 Å². The first-order valence-electron chi connectivity index (χ1n) is 5.71. The van der Waals surface area contributed by atoms with E-state index in [2.05, 4.69) is 0 Å². The Balaban J connectivity index is -0.000000162. The Morgan fingerprint density at radius 2 is 1.25 bits per heavy atom. The highest BCUT2D eigenvalue weighted by atomic mass is 24.3. The molecule has 10 N–H and O–H groups in total. The molecule has 0 heterocycles. The molecule has 0 aromatic rings. The third-order valence-electron chi connectivity index (χ3n) is 2.22. The van der Waals surface area contributed by atoms with Gasteiger partial charge in [0.2, 0.25) is 0 Å². The monoisotopic (exact) mass is 381 g/mol. The van der Waals surface area contributed by atoms with Crippen LogP contribution in [0.25, 0.3) is 0 Å². The quantitative estimate of drug-likeness (QED) is 0.178. The number of carbonyl (C=O) groups is 3. The number of hydrogen-bond donors (Lipinski definition) is 9. The van der Waals surface area contributed by atoms with E-state index in [1.807, 2.05) is 0 Å². The van der Waals surface area contributed by atoms with E-state index in [1.165, 1.54) is 0 Å². The van der Waals surface area contributed by atoms with Crippen molar-refractivity contribution in [3.63, 3.8) is 0 Å². The average molecular weight is 382 g/mol. The summed E-state index contributed by atoms with van der Waals surface area (Å²) in [7, 11) is 0. The maximum Gasteiger partial charge on any atom is 0.335 e. The molecule has 14 heteroatoms. The Labute approximate surface area is 168 Å². The van der Waals surface area contributed by atoms with Crippen LogP contribution in [0.4, 0.5) is 0 Å². The van der Waals surface area contributed by atoms with Crippen molar-refractivity contribution in [1.82, 2.24) is 0 Å². The molecule has 0 spiro atoms. The van der Waals surface area contributed by atoms with Crippen LogP contribution in [0.3, 0.4) is 0 Å². The van der Waals surface area contributed by atoms with Gasteiger partial charge in [0, 0.05) is 0 Å². The highest BCUT2D eigenvalue weighted by molar-refractivity contribution is 5.80. The maximum absolute atomic E-state index is 10.1. The van der Waals surface area contributed by atoms with Gasteiger partial charge in [0.1, 0.15) is 24.4 Å². The molecule has 5 unspecified atom stereocenters. The largest absolute Gasteiger partial charge is 0.481 e. The van der Waals surface area contributed by atoms with Gasteiger partial charge in [0.15, 0.2) is 6.10 Å². The second-order valence-electron chi connectivity index (χ2n) is 4.06. The second-order valence-corrected chi connectivity index (χ2v) is 4.06. The summed E-state index contributed by atoms with van der Waals surface area (Å²) in [4.78, 5) is 29.7. The Bertz CT molecular complexity index is 384. The number of nitrogens with two attached hydrogens (primary N) is 1. The molecule has 24 heavy (non-hydrogen) atoms. The molecule has 138 valence electrons. The first kappa shape index (κ1) is 31.5. The Hall–Kier alpha value is -0.298. The van der Waals surface area contributed by atoms with Crippen molar-refractivity contribution in [2.45, 2.75) is 36.9 Å². The summed E-state index contributed by atoms with van der Waals surface area (Å²) in [6, 6.07) is -1.29. The van der Waals surface area contributed by atoms with Crippen molar-refractivity contribution in [1.29, 1.82) is 0 Å². The minimum atomic E-state index is -2.20. The van der Waals surface area contributed by atoms with Gasteiger partial charge in [0.05, 0.1) is 13.0 Å². The van der Waals surface area contributed by atoms with Crippen LogP contribution in [0.5, 0.6) is 0 Å². The van der Waals surface area contributed by atoms with E-state index in [9.17, 15) is 14.4 Å². The molecule has 0 aromatic heterocycles. The van der Waals surface area contributed by atoms with Gasteiger partial charge in [-0.05, 0) is 0 Å². The standard InChI is InChI=1S/C6H12O7.C4H7NO4.2Mg.4H/c7-1-2(8)3(9)4(10)5(11)6(12)13;5-2(4(8)9)1-3(6)7;;;;;;/h2-5,7-11H,1H2,(H,12,13);2H,1,5H2,(H,6,7)(H,8,9);;;;;;. The van der Waals surface area contributed by atoms with E-state index < -0.39 is 61.4 Å². The number of hydrogen-bond acceptors (Lipinski definition) is 9. The molecule has 5 atom stereocenters. The van der Waals surface area contributed by atoms with Gasteiger partial charge in [-0.1, -0.05) is 0 Å². The van der Waals surface area contributed by atoms with Gasteiger partial charge in [-0.3, -0.25) is 9.59 Å². The lowest BCUT2D eigenvalue weighted by molar-refractivity contribution is -0.164. The number of carboxylic acids is 3. The summed E-state index contributed by atoms with van der Waals surface area (Å²) in [6.07, 6.45) is -8.37. The van der Waals surface area contributed by atoms with Crippen LogP contribution >= 0.6 is 0 Å². The minimum Gasteiger partial charge on any atom is -0.481 e. The van der Waals surface area contributed by atoms with Crippen molar-refractivity contribution in [3.8, 4) is 0 Å². The van der Waals surface area contributed by atoms with Crippen molar-refractivity contribution in [3.05, 3.63) is 0 Å². The highest BCUT2D eigenvalue weighted by Gasteiger charge is 2.33. The summed E-state index contributed by atoms with van der Waals surface area (Å²) in [6.45, 7) is -0.843. The van der Waals surface area contributed by atoms with E-state index in [0.29, 0.717) is 0 Å².